The molecule has 1 aliphatic rings. The Kier molecular flexibility index (Phi) is 4.78. The predicted octanol–water partition coefficient (Wildman–Crippen LogP) is 2.10. The van der Waals surface area contributed by atoms with Gasteiger partial charge in [0.1, 0.15) is 0 Å². The molecule has 0 bridgehead atoms. The lowest BCUT2D eigenvalue weighted by Gasteiger charge is -2.14. The van der Waals surface area contributed by atoms with Crippen LogP contribution >= 0.6 is 11.3 Å². The first kappa shape index (κ1) is 13.6. The van der Waals surface area contributed by atoms with Crippen molar-refractivity contribution >= 4 is 17.2 Å². The molecular formula is C14H22N2OS. The van der Waals surface area contributed by atoms with E-state index in [4.69, 9.17) is 0 Å². The van der Waals surface area contributed by atoms with Crippen LogP contribution in [0.2, 0.25) is 0 Å². The lowest BCUT2D eigenvalue weighted by Crippen LogP contribution is -2.35. The van der Waals surface area contributed by atoms with Crippen LogP contribution in [0.15, 0.2) is 12.1 Å². The molecule has 4 heteroatoms. The zero-order chi connectivity index (χ0) is 13.0. The van der Waals surface area contributed by atoms with Gasteiger partial charge in [-0.05, 0) is 51.4 Å². The molecule has 0 radical (unpaired) electrons. The van der Waals surface area contributed by atoms with E-state index >= 15 is 0 Å². The number of rotatable bonds is 5. The second-order valence-corrected chi connectivity index (χ2v) is 6.62. The second-order valence-electron chi connectivity index (χ2n) is 5.25. The summed E-state index contributed by atoms with van der Waals surface area (Å²) >= 11 is 1.81. The number of nitrogens with one attached hydrogen (secondary N) is 2. The van der Waals surface area contributed by atoms with Gasteiger partial charge in [-0.15, -0.1) is 11.3 Å². The fraction of sp³-hybridized carbons (Fsp3) is 0.643. The maximum Gasteiger partial charge on any atom is 0.220 e. The van der Waals surface area contributed by atoms with E-state index in [1.54, 1.807) is 0 Å². The van der Waals surface area contributed by atoms with E-state index < -0.39 is 0 Å². The zero-order valence-corrected chi connectivity index (χ0v) is 12.0. The van der Waals surface area contributed by atoms with Crippen LogP contribution in [0.5, 0.6) is 0 Å². The van der Waals surface area contributed by atoms with Crippen molar-refractivity contribution in [1.29, 1.82) is 0 Å². The Morgan fingerprint density at radius 3 is 3.06 bits per heavy atom. The van der Waals surface area contributed by atoms with Gasteiger partial charge in [-0.25, -0.2) is 0 Å². The molecule has 100 valence electrons. The molecular weight excluding hydrogens is 244 g/mol. The van der Waals surface area contributed by atoms with Gasteiger partial charge in [-0.1, -0.05) is 0 Å². The largest absolute Gasteiger partial charge is 0.353 e. The van der Waals surface area contributed by atoms with E-state index in [-0.39, 0.29) is 11.9 Å². The van der Waals surface area contributed by atoms with E-state index in [1.807, 2.05) is 11.3 Å². The van der Waals surface area contributed by atoms with Crippen molar-refractivity contribution in [3.8, 4) is 0 Å². The lowest BCUT2D eigenvalue weighted by molar-refractivity contribution is -0.122. The van der Waals surface area contributed by atoms with Gasteiger partial charge in [0.05, 0.1) is 0 Å². The minimum atomic E-state index is 0.199. The lowest BCUT2D eigenvalue weighted by atomic mass is 10.0. The smallest absolute Gasteiger partial charge is 0.220 e. The van der Waals surface area contributed by atoms with Crippen molar-refractivity contribution in [3.63, 3.8) is 0 Å². The third kappa shape index (κ3) is 4.10. The first-order valence-corrected chi connectivity index (χ1v) is 7.50. The quantitative estimate of drug-likeness (QED) is 0.857. The van der Waals surface area contributed by atoms with E-state index in [2.05, 4.69) is 36.6 Å². The SMILES string of the molecule is Cc1ccc(CC(C)NC(=O)CC2CCNC2)s1. The highest BCUT2D eigenvalue weighted by Gasteiger charge is 2.19. The van der Waals surface area contributed by atoms with E-state index in [0.29, 0.717) is 12.3 Å². The minimum Gasteiger partial charge on any atom is -0.353 e. The predicted molar refractivity (Wildman–Crippen MR) is 76.0 cm³/mol. The molecule has 2 rings (SSSR count). The van der Waals surface area contributed by atoms with Crippen LogP contribution in [-0.2, 0) is 11.2 Å². The number of amides is 1. The highest BCUT2D eigenvalue weighted by atomic mass is 32.1. The Hall–Kier alpha value is -0.870. The Morgan fingerprint density at radius 1 is 1.61 bits per heavy atom. The number of hydrogen-bond donors (Lipinski definition) is 2. The van der Waals surface area contributed by atoms with Crippen molar-refractivity contribution in [2.75, 3.05) is 13.1 Å². The molecule has 2 atom stereocenters. The summed E-state index contributed by atoms with van der Waals surface area (Å²) < 4.78 is 0. The molecule has 1 amide bonds. The summed E-state index contributed by atoms with van der Waals surface area (Å²) in [5.74, 6) is 0.727. The van der Waals surface area contributed by atoms with Gasteiger partial charge < -0.3 is 10.6 Å². The monoisotopic (exact) mass is 266 g/mol. The molecule has 18 heavy (non-hydrogen) atoms. The van der Waals surface area contributed by atoms with Crippen molar-refractivity contribution in [2.24, 2.45) is 5.92 Å². The van der Waals surface area contributed by atoms with Crippen LogP contribution < -0.4 is 10.6 Å². The summed E-state index contributed by atoms with van der Waals surface area (Å²) in [4.78, 5) is 14.6. The Balaban J connectivity index is 1.72. The third-order valence-corrected chi connectivity index (χ3v) is 4.37. The minimum absolute atomic E-state index is 0.199. The van der Waals surface area contributed by atoms with Crippen LogP contribution in [0.1, 0.15) is 29.5 Å². The maximum absolute atomic E-state index is 11.9. The average molecular weight is 266 g/mol. The van der Waals surface area contributed by atoms with Gasteiger partial charge in [0.25, 0.3) is 0 Å². The van der Waals surface area contributed by atoms with Crippen molar-refractivity contribution in [1.82, 2.24) is 10.6 Å². The Labute approximate surface area is 113 Å². The van der Waals surface area contributed by atoms with Crippen molar-refractivity contribution in [2.45, 2.75) is 39.2 Å². The number of hydrogen-bond acceptors (Lipinski definition) is 3. The average Bonchev–Trinajstić information content (AvgIpc) is 2.90. The summed E-state index contributed by atoms with van der Waals surface area (Å²) in [6.07, 6.45) is 2.74. The molecule has 0 aromatic carbocycles. The van der Waals surface area contributed by atoms with E-state index in [0.717, 1.165) is 25.9 Å². The van der Waals surface area contributed by atoms with Gasteiger partial charge >= 0.3 is 0 Å². The Morgan fingerprint density at radius 2 is 2.44 bits per heavy atom. The number of carbonyl (C=O) groups excluding carboxylic acids is 1. The summed E-state index contributed by atoms with van der Waals surface area (Å²) in [5.41, 5.74) is 0. The van der Waals surface area contributed by atoms with Crippen molar-refractivity contribution in [3.05, 3.63) is 21.9 Å². The Bertz CT molecular complexity index is 396. The molecule has 1 saturated heterocycles. The van der Waals surface area contributed by atoms with Crippen LogP contribution in [0.25, 0.3) is 0 Å². The fourth-order valence-electron chi connectivity index (χ4n) is 2.43. The molecule has 0 spiro atoms. The fourth-order valence-corrected chi connectivity index (χ4v) is 3.45. The number of thiophene rings is 1. The molecule has 1 aliphatic heterocycles. The molecule has 0 aliphatic carbocycles. The summed E-state index contributed by atoms with van der Waals surface area (Å²) in [5, 5.41) is 6.40. The van der Waals surface area contributed by atoms with Gasteiger partial charge in [-0.2, -0.15) is 0 Å². The topological polar surface area (TPSA) is 41.1 Å². The molecule has 2 N–H and O–H groups in total. The van der Waals surface area contributed by atoms with E-state index in [9.17, 15) is 4.79 Å². The second kappa shape index (κ2) is 6.34. The van der Waals surface area contributed by atoms with Gasteiger partial charge in [0, 0.05) is 28.6 Å². The van der Waals surface area contributed by atoms with Crippen molar-refractivity contribution < 1.29 is 4.79 Å². The zero-order valence-electron chi connectivity index (χ0n) is 11.2. The highest BCUT2D eigenvalue weighted by Crippen LogP contribution is 2.17. The summed E-state index contributed by atoms with van der Waals surface area (Å²) in [6.45, 7) is 6.25. The normalized spacial score (nSPS) is 20.9. The van der Waals surface area contributed by atoms with Gasteiger partial charge in [0.2, 0.25) is 5.91 Å². The van der Waals surface area contributed by atoms with Crippen LogP contribution in [-0.4, -0.2) is 25.0 Å². The van der Waals surface area contributed by atoms with Crippen LogP contribution in [0.4, 0.5) is 0 Å². The van der Waals surface area contributed by atoms with Gasteiger partial charge in [-0.3, -0.25) is 4.79 Å². The molecule has 1 aromatic heterocycles. The van der Waals surface area contributed by atoms with Gasteiger partial charge in [0.15, 0.2) is 0 Å². The number of aryl methyl sites for hydroxylation is 1. The van der Waals surface area contributed by atoms with Crippen LogP contribution in [0.3, 0.4) is 0 Å². The number of carbonyl (C=O) groups is 1. The molecule has 0 saturated carbocycles. The molecule has 2 heterocycles. The summed E-state index contributed by atoms with van der Waals surface area (Å²) in [6, 6.07) is 4.52. The highest BCUT2D eigenvalue weighted by molar-refractivity contribution is 7.11. The van der Waals surface area contributed by atoms with Crippen LogP contribution in [0, 0.1) is 12.8 Å². The maximum atomic E-state index is 11.9. The molecule has 2 unspecified atom stereocenters. The van der Waals surface area contributed by atoms with E-state index in [1.165, 1.54) is 9.75 Å². The molecule has 1 fully saturated rings. The first-order chi connectivity index (χ1) is 8.63. The summed E-state index contributed by atoms with van der Waals surface area (Å²) in [7, 11) is 0. The molecule has 1 aromatic rings. The third-order valence-electron chi connectivity index (χ3n) is 3.35. The standard InChI is InChI=1S/C14H22N2OS/c1-10(7-13-4-3-11(2)18-13)16-14(17)8-12-5-6-15-9-12/h3-4,10,12,15H,5-9H2,1-2H3,(H,16,17). The molecule has 3 nitrogen and oxygen atoms in total. The first-order valence-electron chi connectivity index (χ1n) is 6.69.